The van der Waals surface area contributed by atoms with E-state index >= 15 is 0 Å². The largest absolute Gasteiger partial charge is 0.342 e. The van der Waals surface area contributed by atoms with Gasteiger partial charge in [-0.2, -0.15) is 9.49 Å². The van der Waals surface area contributed by atoms with Gasteiger partial charge in [0.25, 0.3) is 6.43 Å². The predicted octanol–water partition coefficient (Wildman–Crippen LogP) is 4.32. The number of pyridine rings is 1. The van der Waals surface area contributed by atoms with Crippen LogP contribution in [0.1, 0.15) is 61.2 Å². The number of nitrogens with one attached hydrogen (secondary N) is 1. The standard InChI is InChI=1S/C26H27F4N5O2/c1-15(2)18-8-9-19(32-25(18)30)23(16-6-4-3-5-7-16)33-26(37)21-12-17(27)13-34(21)22(36)14-35-20(24(28)29)10-11-31-35/h3-11,15,17,21,23-24H,12-14H2,1-2H3,(H,33,37)/t17-,21+,23+/m1/s1. The molecule has 1 aliphatic rings. The number of hydrogen-bond acceptors (Lipinski definition) is 4. The van der Waals surface area contributed by atoms with E-state index in [4.69, 9.17) is 0 Å². The van der Waals surface area contributed by atoms with Crippen LogP contribution in [0.4, 0.5) is 17.6 Å². The molecule has 0 unspecified atom stereocenters. The van der Waals surface area contributed by atoms with Crippen molar-refractivity contribution in [2.24, 2.45) is 0 Å². The van der Waals surface area contributed by atoms with E-state index in [1.807, 2.05) is 13.8 Å². The van der Waals surface area contributed by atoms with E-state index < -0.39 is 54.7 Å². The monoisotopic (exact) mass is 517 g/mol. The summed E-state index contributed by atoms with van der Waals surface area (Å²) in [5.41, 5.74) is 0.835. The zero-order chi connectivity index (χ0) is 26.7. The molecular weight excluding hydrogens is 490 g/mol. The average Bonchev–Trinajstić information content (AvgIpc) is 3.49. The molecule has 7 nitrogen and oxygen atoms in total. The van der Waals surface area contributed by atoms with Crippen LogP contribution in [0.5, 0.6) is 0 Å². The van der Waals surface area contributed by atoms with E-state index in [0.717, 1.165) is 21.8 Å². The fraction of sp³-hybridized carbons (Fsp3) is 0.385. The molecule has 37 heavy (non-hydrogen) atoms. The van der Waals surface area contributed by atoms with Gasteiger partial charge < -0.3 is 10.2 Å². The van der Waals surface area contributed by atoms with Gasteiger partial charge in [-0.25, -0.2) is 18.2 Å². The number of hydrogen-bond donors (Lipinski definition) is 1. The summed E-state index contributed by atoms with van der Waals surface area (Å²) in [7, 11) is 0. The van der Waals surface area contributed by atoms with Crippen LogP contribution in [0.2, 0.25) is 0 Å². The van der Waals surface area contributed by atoms with Gasteiger partial charge in [-0.1, -0.05) is 50.2 Å². The smallest absolute Gasteiger partial charge is 0.280 e. The molecule has 3 aromatic rings. The Morgan fingerprint density at radius 3 is 2.49 bits per heavy atom. The van der Waals surface area contributed by atoms with Gasteiger partial charge in [0.1, 0.15) is 24.5 Å². The number of benzene rings is 1. The summed E-state index contributed by atoms with van der Waals surface area (Å²) in [6.45, 7) is 2.76. The summed E-state index contributed by atoms with van der Waals surface area (Å²) in [6, 6.07) is 11.0. The first kappa shape index (κ1) is 26.3. The molecule has 0 saturated carbocycles. The number of rotatable bonds is 8. The van der Waals surface area contributed by atoms with E-state index in [1.165, 1.54) is 0 Å². The lowest BCUT2D eigenvalue weighted by Crippen LogP contribution is -2.48. The lowest BCUT2D eigenvalue weighted by atomic mass is 9.99. The number of aromatic nitrogens is 3. The molecule has 0 spiro atoms. The molecule has 3 heterocycles. The summed E-state index contributed by atoms with van der Waals surface area (Å²) in [6.07, 6.45) is -3.43. The van der Waals surface area contributed by atoms with Gasteiger partial charge in [-0.05, 0) is 23.6 Å². The Hall–Kier alpha value is -3.76. The first-order valence-corrected chi connectivity index (χ1v) is 11.9. The van der Waals surface area contributed by atoms with Crippen molar-refractivity contribution >= 4 is 11.8 Å². The Bertz CT molecular complexity index is 1250. The van der Waals surface area contributed by atoms with E-state index in [0.29, 0.717) is 11.1 Å². The van der Waals surface area contributed by atoms with Crippen LogP contribution in [0.15, 0.2) is 54.7 Å². The second-order valence-electron chi connectivity index (χ2n) is 9.23. The minimum Gasteiger partial charge on any atom is -0.342 e. The van der Waals surface area contributed by atoms with E-state index in [1.54, 1.807) is 42.5 Å². The molecule has 1 aromatic carbocycles. The molecule has 1 fully saturated rings. The van der Waals surface area contributed by atoms with Gasteiger partial charge in [-0.3, -0.25) is 14.3 Å². The number of amides is 2. The Morgan fingerprint density at radius 1 is 1.11 bits per heavy atom. The minimum atomic E-state index is -2.84. The zero-order valence-corrected chi connectivity index (χ0v) is 20.3. The molecular formula is C26H27F4N5O2. The molecule has 3 atom stereocenters. The van der Waals surface area contributed by atoms with Gasteiger partial charge >= 0.3 is 0 Å². The summed E-state index contributed by atoms with van der Waals surface area (Å²) in [4.78, 5) is 31.4. The van der Waals surface area contributed by atoms with Gasteiger partial charge in [0.05, 0.1) is 18.3 Å². The van der Waals surface area contributed by atoms with E-state index in [-0.39, 0.29) is 24.6 Å². The second kappa shape index (κ2) is 11.1. The molecule has 2 aromatic heterocycles. The highest BCUT2D eigenvalue weighted by molar-refractivity contribution is 5.88. The van der Waals surface area contributed by atoms with Crippen LogP contribution in [0, 0.1) is 5.95 Å². The molecule has 2 amide bonds. The maximum Gasteiger partial charge on any atom is 0.280 e. The highest BCUT2D eigenvalue weighted by Crippen LogP contribution is 2.27. The van der Waals surface area contributed by atoms with Crippen LogP contribution >= 0.6 is 0 Å². The van der Waals surface area contributed by atoms with Crippen molar-refractivity contribution in [1.82, 2.24) is 25.0 Å². The Morgan fingerprint density at radius 2 is 1.84 bits per heavy atom. The van der Waals surface area contributed by atoms with Gasteiger partial charge in [0, 0.05) is 18.2 Å². The van der Waals surface area contributed by atoms with Crippen LogP contribution < -0.4 is 5.32 Å². The maximum absolute atomic E-state index is 14.7. The van der Waals surface area contributed by atoms with E-state index in [9.17, 15) is 27.2 Å². The normalized spacial score (nSPS) is 18.4. The van der Waals surface area contributed by atoms with Crippen molar-refractivity contribution in [2.75, 3.05) is 6.54 Å². The molecule has 0 bridgehead atoms. The molecule has 4 rings (SSSR count). The Balaban J connectivity index is 1.58. The summed E-state index contributed by atoms with van der Waals surface area (Å²) in [5.74, 6) is -2.12. The summed E-state index contributed by atoms with van der Waals surface area (Å²) >= 11 is 0. The second-order valence-corrected chi connectivity index (χ2v) is 9.23. The van der Waals surface area contributed by atoms with Crippen molar-refractivity contribution in [1.29, 1.82) is 0 Å². The molecule has 196 valence electrons. The molecule has 0 aliphatic carbocycles. The van der Waals surface area contributed by atoms with Crippen LogP contribution in [0.3, 0.4) is 0 Å². The van der Waals surface area contributed by atoms with Gasteiger partial charge in [-0.15, -0.1) is 0 Å². The molecule has 1 N–H and O–H groups in total. The minimum absolute atomic E-state index is 0.0914. The summed E-state index contributed by atoms with van der Waals surface area (Å²) < 4.78 is 56.3. The Kier molecular flexibility index (Phi) is 7.89. The molecule has 1 saturated heterocycles. The van der Waals surface area contributed by atoms with Crippen LogP contribution in [-0.4, -0.2) is 50.2 Å². The van der Waals surface area contributed by atoms with Gasteiger partial charge in [0.2, 0.25) is 17.8 Å². The third kappa shape index (κ3) is 5.81. The first-order chi connectivity index (χ1) is 17.7. The third-order valence-electron chi connectivity index (χ3n) is 6.37. The van der Waals surface area contributed by atoms with Crippen molar-refractivity contribution < 1.29 is 27.2 Å². The topological polar surface area (TPSA) is 80.1 Å². The highest BCUT2D eigenvalue weighted by atomic mass is 19.3. The Labute approximate surface area is 211 Å². The lowest BCUT2D eigenvalue weighted by molar-refractivity contribution is -0.139. The summed E-state index contributed by atoms with van der Waals surface area (Å²) in [5, 5.41) is 6.53. The zero-order valence-electron chi connectivity index (χ0n) is 20.3. The van der Waals surface area contributed by atoms with Crippen LogP contribution in [-0.2, 0) is 16.1 Å². The fourth-order valence-corrected chi connectivity index (χ4v) is 4.45. The number of alkyl halides is 3. The lowest BCUT2D eigenvalue weighted by Gasteiger charge is -2.27. The van der Waals surface area contributed by atoms with E-state index in [2.05, 4.69) is 15.4 Å². The molecule has 0 radical (unpaired) electrons. The fourth-order valence-electron chi connectivity index (χ4n) is 4.45. The molecule has 1 aliphatic heterocycles. The average molecular weight is 518 g/mol. The van der Waals surface area contributed by atoms with Crippen molar-refractivity contribution in [3.63, 3.8) is 0 Å². The number of carbonyl (C=O) groups excluding carboxylic acids is 2. The maximum atomic E-state index is 14.7. The number of likely N-dealkylation sites (tertiary alicyclic amines) is 1. The number of nitrogens with zero attached hydrogens (tertiary/aromatic N) is 4. The van der Waals surface area contributed by atoms with Crippen molar-refractivity contribution in [3.8, 4) is 0 Å². The van der Waals surface area contributed by atoms with Gasteiger partial charge in [0.15, 0.2) is 0 Å². The van der Waals surface area contributed by atoms with Crippen molar-refractivity contribution in [3.05, 3.63) is 83.2 Å². The molecule has 11 heteroatoms. The number of carbonyl (C=O) groups is 2. The third-order valence-corrected chi connectivity index (χ3v) is 6.37. The van der Waals surface area contributed by atoms with Crippen LogP contribution in [0.25, 0.3) is 0 Å². The van der Waals surface area contributed by atoms with Crippen molar-refractivity contribution in [2.45, 2.75) is 57.4 Å². The first-order valence-electron chi connectivity index (χ1n) is 11.9. The predicted molar refractivity (Wildman–Crippen MR) is 127 cm³/mol. The SMILES string of the molecule is CC(C)c1ccc([C@@H](NC(=O)[C@@H]2C[C@@H](F)CN2C(=O)Cn2nccc2C(F)F)c2ccccc2)nc1F. The number of halogens is 4. The highest BCUT2D eigenvalue weighted by Gasteiger charge is 2.41. The quantitative estimate of drug-likeness (QED) is 0.357.